The maximum atomic E-state index is 13.3. The van der Waals surface area contributed by atoms with Gasteiger partial charge in [-0.3, -0.25) is 3.97 Å². The third-order valence-electron chi connectivity index (χ3n) is 2.38. The van der Waals surface area contributed by atoms with E-state index in [1.54, 1.807) is 6.07 Å². The predicted molar refractivity (Wildman–Crippen MR) is 78.0 cm³/mol. The number of aromatic nitrogens is 1. The van der Waals surface area contributed by atoms with Gasteiger partial charge in [-0.05, 0) is 30.7 Å². The summed E-state index contributed by atoms with van der Waals surface area (Å²) in [6.45, 7) is 5.84. The highest BCUT2D eigenvalue weighted by atomic mass is 127. The van der Waals surface area contributed by atoms with Crippen molar-refractivity contribution in [2.75, 3.05) is 5.73 Å². The summed E-state index contributed by atoms with van der Waals surface area (Å²) < 4.78 is 15.3. The van der Waals surface area contributed by atoms with Gasteiger partial charge >= 0.3 is 0 Å². The molecule has 0 spiro atoms. The summed E-state index contributed by atoms with van der Waals surface area (Å²) in [4.78, 5) is 0. The molecule has 0 aliphatic carbocycles. The fraction of sp³-hybridized carbons (Fsp3) is 0.0909. The standard InChI is InChI=1S/C11H10FIN2S/c1-6(2)10-4-7-3-8(12)9(14)5-11(7)15(10)16-13/h3-5H,1,14H2,2H3. The van der Waals surface area contributed by atoms with Crippen molar-refractivity contribution >= 4 is 52.5 Å². The van der Waals surface area contributed by atoms with Crippen molar-refractivity contribution in [3.8, 4) is 0 Å². The van der Waals surface area contributed by atoms with Gasteiger partial charge in [0.1, 0.15) is 5.82 Å². The Balaban J connectivity index is 2.82. The first-order valence-corrected chi connectivity index (χ1v) is 7.91. The van der Waals surface area contributed by atoms with Crippen LogP contribution in [0.3, 0.4) is 0 Å². The summed E-state index contributed by atoms with van der Waals surface area (Å²) in [5.41, 5.74) is 8.59. The SMILES string of the molecule is C=C(C)c1cc2cc(F)c(N)cc2n1SI. The van der Waals surface area contributed by atoms with Crippen LogP contribution in [-0.4, -0.2) is 3.97 Å². The summed E-state index contributed by atoms with van der Waals surface area (Å²) in [6.07, 6.45) is 0. The van der Waals surface area contributed by atoms with Crippen LogP contribution < -0.4 is 5.73 Å². The molecule has 2 nitrogen and oxygen atoms in total. The molecule has 2 aromatic rings. The smallest absolute Gasteiger partial charge is 0.146 e. The van der Waals surface area contributed by atoms with Crippen LogP contribution in [0.15, 0.2) is 24.8 Å². The Hall–Kier alpha value is -0.690. The van der Waals surface area contributed by atoms with Gasteiger partial charge in [0.25, 0.3) is 0 Å². The van der Waals surface area contributed by atoms with Gasteiger partial charge in [-0.15, -0.1) is 0 Å². The molecule has 0 fully saturated rings. The Morgan fingerprint density at radius 1 is 1.50 bits per heavy atom. The van der Waals surface area contributed by atoms with E-state index in [1.807, 2.05) is 17.0 Å². The molecule has 0 bridgehead atoms. The highest BCUT2D eigenvalue weighted by Crippen LogP contribution is 2.33. The van der Waals surface area contributed by atoms with Gasteiger partial charge in [-0.2, -0.15) is 0 Å². The number of rotatable bonds is 2. The minimum Gasteiger partial charge on any atom is -0.396 e. The zero-order chi connectivity index (χ0) is 11.9. The monoisotopic (exact) mass is 348 g/mol. The maximum Gasteiger partial charge on any atom is 0.146 e. The summed E-state index contributed by atoms with van der Waals surface area (Å²) in [5, 5.41) is 0.842. The molecule has 1 aromatic carbocycles. The number of benzene rings is 1. The topological polar surface area (TPSA) is 30.9 Å². The molecule has 16 heavy (non-hydrogen) atoms. The zero-order valence-electron chi connectivity index (χ0n) is 8.63. The molecule has 0 aliphatic rings. The van der Waals surface area contributed by atoms with Crippen LogP contribution in [0.2, 0.25) is 0 Å². The lowest BCUT2D eigenvalue weighted by molar-refractivity contribution is 0.634. The van der Waals surface area contributed by atoms with Crippen LogP contribution in [0.5, 0.6) is 0 Å². The molecule has 1 heterocycles. The molecule has 0 saturated heterocycles. The Morgan fingerprint density at radius 2 is 2.19 bits per heavy atom. The van der Waals surface area contributed by atoms with E-state index < -0.39 is 0 Å². The average Bonchev–Trinajstić information content (AvgIpc) is 2.57. The molecular weight excluding hydrogens is 338 g/mol. The highest BCUT2D eigenvalue weighted by Gasteiger charge is 2.11. The predicted octanol–water partition coefficient (Wildman–Crippen LogP) is 4.24. The van der Waals surface area contributed by atoms with Crippen molar-refractivity contribution < 1.29 is 4.39 Å². The second kappa shape index (κ2) is 4.29. The van der Waals surface area contributed by atoms with Crippen LogP contribution in [0.4, 0.5) is 10.1 Å². The van der Waals surface area contributed by atoms with E-state index in [9.17, 15) is 4.39 Å². The van der Waals surface area contributed by atoms with E-state index in [0.717, 1.165) is 22.2 Å². The van der Waals surface area contributed by atoms with E-state index in [1.165, 1.54) is 15.2 Å². The van der Waals surface area contributed by atoms with E-state index in [-0.39, 0.29) is 11.5 Å². The van der Waals surface area contributed by atoms with Gasteiger partial charge in [0, 0.05) is 35.7 Å². The first-order valence-electron chi connectivity index (χ1n) is 4.60. The molecule has 2 N–H and O–H groups in total. The van der Waals surface area contributed by atoms with Crippen molar-refractivity contribution in [1.82, 2.24) is 3.97 Å². The van der Waals surface area contributed by atoms with E-state index in [2.05, 4.69) is 27.8 Å². The lowest BCUT2D eigenvalue weighted by Crippen LogP contribution is -1.92. The molecule has 0 radical (unpaired) electrons. The molecule has 0 amide bonds. The number of hydrogen-bond acceptors (Lipinski definition) is 2. The number of halogens is 2. The largest absolute Gasteiger partial charge is 0.396 e. The van der Waals surface area contributed by atoms with Crippen molar-refractivity contribution in [3.05, 3.63) is 36.3 Å². The Labute approximate surface area is 109 Å². The molecule has 0 aliphatic heterocycles. The van der Waals surface area contributed by atoms with Gasteiger partial charge in [0.15, 0.2) is 0 Å². The third-order valence-corrected chi connectivity index (χ3v) is 4.10. The first kappa shape index (κ1) is 11.8. The van der Waals surface area contributed by atoms with E-state index >= 15 is 0 Å². The normalized spacial score (nSPS) is 10.9. The molecule has 1 aromatic heterocycles. The lowest BCUT2D eigenvalue weighted by atomic mass is 10.2. The van der Waals surface area contributed by atoms with Crippen LogP contribution >= 0.6 is 30.3 Å². The number of allylic oxidation sites excluding steroid dienone is 1. The summed E-state index contributed by atoms with van der Waals surface area (Å²) >= 11 is 2.18. The minimum absolute atomic E-state index is 0.172. The average molecular weight is 348 g/mol. The maximum absolute atomic E-state index is 13.3. The Kier molecular flexibility index (Phi) is 3.16. The van der Waals surface area contributed by atoms with Crippen molar-refractivity contribution in [2.45, 2.75) is 6.92 Å². The Morgan fingerprint density at radius 3 is 2.75 bits per heavy atom. The number of nitrogens with zero attached hydrogens (tertiary/aromatic N) is 1. The van der Waals surface area contributed by atoms with Crippen molar-refractivity contribution in [1.29, 1.82) is 0 Å². The zero-order valence-corrected chi connectivity index (χ0v) is 11.6. The van der Waals surface area contributed by atoms with Gasteiger partial charge in [-0.1, -0.05) is 6.58 Å². The van der Waals surface area contributed by atoms with Crippen molar-refractivity contribution in [2.24, 2.45) is 0 Å². The molecule has 84 valence electrons. The molecule has 0 unspecified atom stereocenters. The molecular formula is C11H10FIN2S. The molecule has 2 rings (SSSR count). The fourth-order valence-corrected chi connectivity index (χ4v) is 3.38. The number of anilines is 1. The molecule has 0 saturated carbocycles. The van der Waals surface area contributed by atoms with Crippen LogP contribution in [0.1, 0.15) is 12.6 Å². The van der Waals surface area contributed by atoms with Crippen molar-refractivity contribution in [3.63, 3.8) is 0 Å². The lowest BCUT2D eigenvalue weighted by Gasteiger charge is -2.05. The van der Waals surface area contributed by atoms with E-state index in [4.69, 9.17) is 5.73 Å². The van der Waals surface area contributed by atoms with Gasteiger partial charge < -0.3 is 5.73 Å². The summed E-state index contributed by atoms with van der Waals surface area (Å²) in [5.74, 6) is -0.378. The first-order chi connectivity index (χ1) is 7.54. The second-order valence-corrected chi connectivity index (χ2v) is 5.29. The minimum atomic E-state index is -0.378. The van der Waals surface area contributed by atoms with Crippen LogP contribution in [0, 0.1) is 5.82 Å². The summed E-state index contributed by atoms with van der Waals surface area (Å²) in [7, 11) is 1.52. The molecule has 5 heteroatoms. The number of hydrogen-bond donors (Lipinski definition) is 1. The Bertz CT molecular complexity index is 577. The van der Waals surface area contributed by atoms with Gasteiger partial charge in [-0.25, -0.2) is 4.39 Å². The second-order valence-electron chi connectivity index (χ2n) is 3.61. The van der Waals surface area contributed by atoms with Crippen LogP contribution in [0.25, 0.3) is 16.5 Å². The number of fused-ring (bicyclic) bond motifs is 1. The quantitative estimate of drug-likeness (QED) is 0.650. The van der Waals surface area contributed by atoms with Gasteiger partial charge in [0.2, 0.25) is 0 Å². The fourth-order valence-electron chi connectivity index (χ4n) is 1.59. The number of nitrogen functional groups attached to an aromatic ring is 1. The molecule has 0 atom stereocenters. The third kappa shape index (κ3) is 1.82. The van der Waals surface area contributed by atoms with E-state index in [0.29, 0.717) is 0 Å². The van der Waals surface area contributed by atoms with Gasteiger partial charge in [0.05, 0.1) is 16.9 Å². The summed E-state index contributed by atoms with van der Waals surface area (Å²) in [6, 6.07) is 5.04. The van der Waals surface area contributed by atoms with Crippen LogP contribution in [-0.2, 0) is 0 Å². The highest BCUT2D eigenvalue weighted by molar-refractivity contribution is 14.2. The number of nitrogens with two attached hydrogens (primary N) is 1.